The van der Waals surface area contributed by atoms with Gasteiger partial charge >= 0.3 is 12.0 Å². The lowest BCUT2D eigenvalue weighted by Gasteiger charge is -2.37. The highest BCUT2D eigenvalue weighted by atomic mass is 32.1. The molecule has 5 atom stereocenters. The molecular weight excluding hydrogens is 797 g/mol. The van der Waals surface area contributed by atoms with Gasteiger partial charge in [0.1, 0.15) is 18.1 Å². The van der Waals surface area contributed by atoms with Crippen LogP contribution in [0.5, 0.6) is 0 Å². The Labute approximate surface area is 361 Å². The SMILES string of the molecule is CCn1c(-c2cccnc2[C@H](C)OC)c2c3cc(ccc31)-c1csc(n1)C[C@H](NC(=O)[C@H](C(C)C)N(C)C(=O)N1CC[C@@H](O)C1)C(=O)N1CCC[C@H](N1)C(=O)OCC(C)(C)C2. The number of carbonyl (C=O) groups excluding carboxylic acids is 4. The molecule has 2 fully saturated rings. The number of fused-ring (bicyclic) bond motifs is 6. The van der Waals surface area contributed by atoms with Crippen LogP contribution in [0.25, 0.3) is 33.4 Å². The van der Waals surface area contributed by atoms with E-state index in [1.807, 2.05) is 32.2 Å². The molecule has 1 aromatic carbocycles. The van der Waals surface area contributed by atoms with Crippen LogP contribution in [0.4, 0.5) is 4.79 Å². The first-order valence-electron chi connectivity index (χ1n) is 21.4. The minimum Gasteiger partial charge on any atom is -0.464 e. The average Bonchev–Trinajstić information content (AvgIpc) is 3.98. The Balaban J connectivity index is 1.30. The molecule has 0 spiro atoms. The summed E-state index contributed by atoms with van der Waals surface area (Å²) >= 11 is 1.41. The topological polar surface area (TPSA) is 171 Å². The van der Waals surface area contributed by atoms with E-state index in [9.17, 15) is 24.3 Å². The van der Waals surface area contributed by atoms with Crippen LogP contribution in [-0.4, -0.2) is 123 Å². The summed E-state index contributed by atoms with van der Waals surface area (Å²) in [5.74, 6) is -1.65. The molecule has 4 amide bonds. The van der Waals surface area contributed by atoms with E-state index in [0.29, 0.717) is 50.3 Å². The first kappa shape index (κ1) is 44.2. The van der Waals surface area contributed by atoms with E-state index in [1.165, 1.54) is 21.2 Å². The van der Waals surface area contributed by atoms with Crippen molar-refractivity contribution in [2.45, 2.75) is 111 Å². The van der Waals surface area contributed by atoms with Crippen molar-refractivity contribution >= 4 is 46.1 Å². The Morgan fingerprint density at radius 3 is 2.66 bits per heavy atom. The summed E-state index contributed by atoms with van der Waals surface area (Å²) in [5.41, 5.74) is 9.29. The van der Waals surface area contributed by atoms with Crippen LogP contribution in [0.15, 0.2) is 41.9 Å². The van der Waals surface area contributed by atoms with Gasteiger partial charge in [-0.15, -0.1) is 11.3 Å². The molecule has 3 aliphatic rings. The second-order valence-corrected chi connectivity index (χ2v) is 18.7. The summed E-state index contributed by atoms with van der Waals surface area (Å²) in [6.07, 6.45) is 3.10. The van der Waals surface area contributed by atoms with Crippen molar-refractivity contribution in [2.75, 3.05) is 40.4 Å². The number of nitrogens with zero attached hydrogens (tertiary/aromatic N) is 6. The summed E-state index contributed by atoms with van der Waals surface area (Å²) in [5, 5.41) is 18.2. The number of β-amino-alcohol motifs (C(OH)–C–C–N with tert-alkyl or cyclic N) is 1. The standard InChI is InChI=1S/C45H60N8O7S/c1-9-52-36-15-14-28-20-31(36)32(40(52)30-12-10-17-46-38(30)27(4)59-8)22-45(5,6)25-60-43(57)33-13-11-18-53(49-33)42(56)34(21-37-47-35(28)24-61-37)48-41(55)39(26(2)3)50(7)44(58)51-19-16-29(54)23-51/h10,12,14-15,17,20,24,26-27,29,33-34,39,49,54H,9,11,13,16,18-19,21-23,25H2,1-8H3,(H,48,55)/t27-,29+,33-,34-,39-/m0/s1. The zero-order chi connectivity index (χ0) is 43.7. The number of esters is 1. The fourth-order valence-corrected chi connectivity index (χ4v) is 9.85. The maximum Gasteiger partial charge on any atom is 0.324 e. The lowest BCUT2D eigenvalue weighted by molar-refractivity contribution is -0.155. The number of hydrazine groups is 1. The van der Waals surface area contributed by atoms with E-state index in [4.69, 9.17) is 19.4 Å². The van der Waals surface area contributed by atoms with Crippen molar-refractivity contribution in [2.24, 2.45) is 11.3 Å². The van der Waals surface area contributed by atoms with Gasteiger partial charge in [-0.25, -0.2) is 15.2 Å². The van der Waals surface area contributed by atoms with Crippen molar-refractivity contribution < 1.29 is 33.8 Å². The molecule has 6 heterocycles. The van der Waals surface area contributed by atoms with Gasteiger partial charge < -0.3 is 34.3 Å². The fourth-order valence-electron chi connectivity index (χ4n) is 9.00. The number of ether oxygens (including phenoxy) is 2. The van der Waals surface area contributed by atoms with Crippen molar-refractivity contribution in [3.8, 4) is 22.5 Å². The third kappa shape index (κ3) is 9.18. The lowest BCUT2D eigenvalue weighted by atomic mass is 9.84. The van der Waals surface area contributed by atoms with Crippen molar-refractivity contribution in [1.29, 1.82) is 0 Å². The molecule has 0 saturated carbocycles. The number of likely N-dealkylation sites (N-methyl/N-ethyl adjacent to an activating group) is 1. The number of cyclic esters (lactones) is 1. The zero-order valence-electron chi connectivity index (χ0n) is 36.6. The van der Waals surface area contributed by atoms with E-state index in [-0.39, 0.29) is 37.6 Å². The van der Waals surface area contributed by atoms with Crippen molar-refractivity contribution in [3.63, 3.8) is 0 Å². The highest BCUT2D eigenvalue weighted by Gasteiger charge is 2.39. The van der Waals surface area contributed by atoms with E-state index < -0.39 is 47.4 Å². The minimum absolute atomic E-state index is 0.0861. The monoisotopic (exact) mass is 856 g/mol. The molecule has 15 nitrogen and oxygen atoms in total. The average molecular weight is 857 g/mol. The number of hydrogen-bond donors (Lipinski definition) is 3. The number of amides is 4. The third-order valence-electron chi connectivity index (χ3n) is 12.2. The number of aryl methyl sites for hydroxylation is 1. The van der Waals surface area contributed by atoms with Crippen LogP contribution < -0.4 is 10.7 Å². The predicted octanol–water partition coefficient (Wildman–Crippen LogP) is 5.35. The highest BCUT2D eigenvalue weighted by molar-refractivity contribution is 7.10. The number of aliphatic hydroxyl groups is 1. The Morgan fingerprint density at radius 1 is 1.16 bits per heavy atom. The number of carbonyl (C=O) groups is 4. The molecule has 16 heteroatoms. The van der Waals surface area contributed by atoms with Crippen LogP contribution in [0.3, 0.4) is 0 Å². The summed E-state index contributed by atoms with van der Waals surface area (Å²) < 4.78 is 14.2. The first-order chi connectivity index (χ1) is 29.1. The molecular formula is C45H60N8O7S. The molecule has 6 bridgehead atoms. The van der Waals surface area contributed by atoms with E-state index >= 15 is 0 Å². The molecule has 4 aromatic rings. The second kappa shape index (κ2) is 18.2. The van der Waals surface area contributed by atoms with Gasteiger partial charge in [-0.3, -0.25) is 24.4 Å². The number of benzene rings is 1. The summed E-state index contributed by atoms with van der Waals surface area (Å²) in [6, 6.07) is 7.30. The van der Waals surface area contributed by atoms with Gasteiger partial charge in [0.05, 0.1) is 40.9 Å². The molecule has 2 saturated heterocycles. The number of pyridine rings is 1. The van der Waals surface area contributed by atoms with Crippen LogP contribution >= 0.6 is 11.3 Å². The number of likely N-dealkylation sites (tertiary alicyclic amines) is 1. The highest BCUT2D eigenvalue weighted by Crippen LogP contribution is 2.42. The van der Waals surface area contributed by atoms with Gasteiger partial charge in [0.25, 0.3) is 5.91 Å². The van der Waals surface area contributed by atoms with Gasteiger partial charge in [-0.1, -0.05) is 33.8 Å². The molecule has 0 unspecified atom stereocenters. The quantitative estimate of drug-likeness (QED) is 0.197. The maximum atomic E-state index is 14.5. The normalized spacial score (nSPS) is 21.9. The van der Waals surface area contributed by atoms with Gasteiger partial charge in [0, 0.05) is 85.8 Å². The Bertz CT molecular complexity index is 2270. The number of thiazole rings is 1. The number of aliphatic hydroxyl groups excluding tert-OH is 1. The molecule has 0 radical (unpaired) electrons. The number of aromatic nitrogens is 3. The van der Waals surface area contributed by atoms with Crippen molar-refractivity contribution in [3.05, 3.63) is 58.2 Å². The lowest BCUT2D eigenvalue weighted by Crippen LogP contribution is -2.62. The van der Waals surface area contributed by atoms with Crippen molar-refractivity contribution in [1.82, 2.24) is 40.1 Å². The van der Waals surface area contributed by atoms with Crippen LogP contribution in [-0.2, 0) is 43.2 Å². The molecule has 0 aliphatic carbocycles. The molecule has 3 N–H and O–H groups in total. The van der Waals surface area contributed by atoms with Gasteiger partial charge in [0.2, 0.25) is 5.91 Å². The number of methoxy groups -OCH3 is 1. The Kier molecular flexibility index (Phi) is 13.2. The first-order valence-corrected chi connectivity index (χ1v) is 22.3. The zero-order valence-corrected chi connectivity index (χ0v) is 37.4. The van der Waals surface area contributed by atoms with E-state index in [2.05, 4.69) is 60.3 Å². The van der Waals surface area contributed by atoms with E-state index in [1.54, 1.807) is 25.3 Å². The molecule has 3 aromatic heterocycles. The van der Waals surface area contributed by atoms with Gasteiger partial charge in [-0.2, -0.15) is 0 Å². The number of urea groups is 1. The number of hydrogen-bond acceptors (Lipinski definition) is 11. The summed E-state index contributed by atoms with van der Waals surface area (Å²) in [7, 11) is 3.26. The number of rotatable bonds is 8. The van der Waals surface area contributed by atoms with Gasteiger partial charge in [0.15, 0.2) is 0 Å². The Morgan fingerprint density at radius 2 is 1.95 bits per heavy atom. The molecule has 61 heavy (non-hydrogen) atoms. The molecule has 328 valence electrons. The second-order valence-electron chi connectivity index (χ2n) is 17.7. The summed E-state index contributed by atoms with van der Waals surface area (Å²) in [4.78, 5) is 68.9. The van der Waals surface area contributed by atoms with E-state index in [0.717, 1.165) is 44.7 Å². The predicted molar refractivity (Wildman–Crippen MR) is 233 cm³/mol. The minimum atomic E-state index is -1.07. The summed E-state index contributed by atoms with van der Waals surface area (Å²) in [6.45, 7) is 13.8. The van der Waals surface area contributed by atoms with Crippen LogP contribution in [0.1, 0.15) is 83.2 Å². The van der Waals surface area contributed by atoms with Gasteiger partial charge in [-0.05, 0) is 75.3 Å². The third-order valence-corrected chi connectivity index (χ3v) is 13.1. The number of nitrogens with one attached hydrogen (secondary N) is 2. The Hall–Kier alpha value is -4.90. The van der Waals surface area contributed by atoms with Crippen LogP contribution in [0, 0.1) is 11.3 Å². The largest absolute Gasteiger partial charge is 0.464 e. The fraction of sp³-hybridized carbons (Fsp3) is 0.556. The molecule has 7 rings (SSSR count). The maximum absolute atomic E-state index is 14.5. The smallest absolute Gasteiger partial charge is 0.324 e. The van der Waals surface area contributed by atoms with Crippen LogP contribution in [0.2, 0.25) is 0 Å². The molecule has 3 aliphatic heterocycles.